The third kappa shape index (κ3) is 3.64. The van der Waals surface area contributed by atoms with Gasteiger partial charge in [-0.2, -0.15) is 0 Å². The van der Waals surface area contributed by atoms with Crippen LogP contribution < -0.4 is 10.6 Å². The molecule has 5 nitrogen and oxygen atoms in total. The van der Waals surface area contributed by atoms with Gasteiger partial charge in [0.25, 0.3) is 0 Å². The van der Waals surface area contributed by atoms with Crippen LogP contribution >= 0.6 is 0 Å². The van der Waals surface area contributed by atoms with Crippen LogP contribution in [0.2, 0.25) is 0 Å². The third-order valence-electron chi connectivity index (χ3n) is 2.92. The maximum Gasteiger partial charge on any atom is 0.134 e. The zero-order valence-electron chi connectivity index (χ0n) is 11.4. The normalized spacial score (nSPS) is 10.4. The van der Waals surface area contributed by atoms with E-state index in [1.54, 1.807) is 6.07 Å². The van der Waals surface area contributed by atoms with Crippen molar-refractivity contribution in [1.29, 1.82) is 0 Å². The van der Waals surface area contributed by atoms with Crippen LogP contribution in [0.5, 0.6) is 0 Å². The van der Waals surface area contributed by atoms with Crippen LogP contribution in [0.15, 0.2) is 30.5 Å². The predicted molar refractivity (Wildman–Crippen MR) is 77.0 cm³/mol. The lowest BCUT2D eigenvalue weighted by Crippen LogP contribution is -2.22. The van der Waals surface area contributed by atoms with Crippen LogP contribution in [-0.4, -0.2) is 28.5 Å². The SMILES string of the molecule is CCc1nc(N)cc(N(C)CCc2ccccn2)n1. The molecule has 19 heavy (non-hydrogen) atoms. The summed E-state index contributed by atoms with van der Waals surface area (Å²) in [6, 6.07) is 7.75. The van der Waals surface area contributed by atoms with E-state index in [2.05, 4.69) is 19.9 Å². The lowest BCUT2D eigenvalue weighted by Gasteiger charge is -2.18. The van der Waals surface area contributed by atoms with Crippen LogP contribution in [-0.2, 0) is 12.8 Å². The number of aromatic nitrogens is 3. The lowest BCUT2D eigenvalue weighted by atomic mass is 10.2. The summed E-state index contributed by atoms with van der Waals surface area (Å²) in [5, 5.41) is 0. The summed E-state index contributed by atoms with van der Waals surface area (Å²) in [4.78, 5) is 15.0. The van der Waals surface area contributed by atoms with E-state index < -0.39 is 0 Å². The maximum absolute atomic E-state index is 5.79. The molecule has 0 amide bonds. The third-order valence-corrected chi connectivity index (χ3v) is 2.92. The van der Waals surface area contributed by atoms with Gasteiger partial charge in [0.2, 0.25) is 0 Å². The van der Waals surface area contributed by atoms with Crippen molar-refractivity contribution in [3.8, 4) is 0 Å². The summed E-state index contributed by atoms with van der Waals surface area (Å²) in [5.41, 5.74) is 6.87. The topological polar surface area (TPSA) is 67.9 Å². The summed E-state index contributed by atoms with van der Waals surface area (Å²) < 4.78 is 0. The van der Waals surface area contributed by atoms with Crippen LogP contribution in [0.3, 0.4) is 0 Å². The number of anilines is 2. The smallest absolute Gasteiger partial charge is 0.134 e. The van der Waals surface area contributed by atoms with E-state index in [4.69, 9.17) is 5.73 Å². The molecule has 0 fully saturated rings. The van der Waals surface area contributed by atoms with Crippen molar-refractivity contribution >= 4 is 11.6 Å². The number of nitrogens with zero attached hydrogens (tertiary/aromatic N) is 4. The molecule has 0 aromatic carbocycles. The van der Waals surface area contributed by atoms with Gasteiger partial charge in [-0.3, -0.25) is 4.98 Å². The van der Waals surface area contributed by atoms with Gasteiger partial charge in [-0.1, -0.05) is 13.0 Å². The second-order valence-electron chi connectivity index (χ2n) is 4.41. The molecule has 2 aromatic heterocycles. The van der Waals surface area contributed by atoms with E-state index in [-0.39, 0.29) is 0 Å². The van der Waals surface area contributed by atoms with E-state index in [0.29, 0.717) is 5.82 Å². The molecule has 0 aliphatic heterocycles. The Labute approximate surface area is 113 Å². The van der Waals surface area contributed by atoms with Crippen LogP contribution in [0.25, 0.3) is 0 Å². The van der Waals surface area contributed by atoms with Gasteiger partial charge in [-0.25, -0.2) is 9.97 Å². The molecule has 0 saturated carbocycles. The molecule has 0 aliphatic carbocycles. The summed E-state index contributed by atoms with van der Waals surface area (Å²) in [5.74, 6) is 2.16. The second-order valence-corrected chi connectivity index (χ2v) is 4.41. The van der Waals surface area contributed by atoms with Crippen molar-refractivity contribution < 1.29 is 0 Å². The van der Waals surface area contributed by atoms with Crippen molar-refractivity contribution in [2.75, 3.05) is 24.2 Å². The Hall–Kier alpha value is -2.17. The molecule has 0 radical (unpaired) electrons. The maximum atomic E-state index is 5.79. The highest BCUT2D eigenvalue weighted by atomic mass is 15.2. The quantitative estimate of drug-likeness (QED) is 0.883. The van der Waals surface area contributed by atoms with Crippen LogP contribution in [0.1, 0.15) is 18.4 Å². The number of aryl methyl sites for hydroxylation is 1. The highest BCUT2D eigenvalue weighted by molar-refractivity contribution is 5.46. The van der Waals surface area contributed by atoms with Gasteiger partial charge in [-0.05, 0) is 12.1 Å². The van der Waals surface area contributed by atoms with Crippen LogP contribution in [0, 0.1) is 0 Å². The van der Waals surface area contributed by atoms with Crippen molar-refractivity contribution in [3.05, 3.63) is 42.0 Å². The van der Waals surface area contributed by atoms with Gasteiger partial charge in [0.1, 0.15) is 17.5 Å². The number of likely N-dealkylation sites (N-methyl/N-ethyl adjacent to an activating group) is 1. The lowest BCUT2D eigenvalue weighted by molar-refractivity contribution is 0.823. The molecule has 5 heteroatoms. The first-order valence-electron chi connectivity index (χ1n) is 6.43. The van der Waals surface area contributed by atoms with Gasteiger partial charge in [0, 0.05) is 44.4 Å². The molecular weight excluding hydrogens is 238 g/mol. The van der Waals surface area contributed by atoms with E-state index >= 15 is 0 Å². The fraction of sp³-hybridized carbons (Fsp3) is 0.357. The largest absolute Gasteiger partial charge is 0.384 e. The first-order valence-corrected chi connectivity index (χ1v) is 6.43. The Morgan fingerprint density at radius 3 is 2.79 bits per heavy atom. The van der Waals surface area contributed by atoms with Crippen molar-refractivity contribution in [2.45, 2.75) is 19.8 Å². The summed E-state index contributed by atoms with van der Waals surface area (Å²) in [6.45, 7) is 2.86. The van der Waals surface area contributed by atoms with Gasteiger partial charge >= 0.3 is 0 Å². The van der Waals surface area contributed by atoms with Crippen molar-refractivity contribution in [2.24, 2.45) is 0 Å². The summed E-state index contributed by atoms with van der Waals surface area (Å²) in [6.07, 6.45) is 3.47. The van der Waals surface area contributed by atoms with Gasteiger partial charge in [-0.15, -0.1) is 0 Å². The molecule has 2 rings (SSSR count). The fourth-order valence-corrected chi connectivity index (χ4v) is 1.80. The molecule has 0 unspecified atom stereocenters. The molecule has 0 saturated heterocycles. The standard InChI is InChI=1S/C14H19N5/c1-3-13-17-12(15)10-14(18-13)19(2)9-7-11-6-4-5-8-16-11/h4-6,8,10H,3,7,9H2,1-2H3,(H2,15,17,18). The molecule has 2 N–H and O–H groups in total. The predicted octanol–water partition coefficient (Wildman–Crippen LogP) is 1.70. The minimum atomic E-state index is 0.520. The van der Waals surface area contributed by atoms with E-state index in [9.17, 15) is 0 Å². The highest BCUT2D eigenvalue weighted by Crippen LogP contribution is 2.13. The van der Waals surface area contributed by atoms with E-state index in [1.807, 2.05) is 38.4 Å². The molecule has 2 aromatic rings. The number of pyridine rings is 1. The number of hydrogen-bond donors (Lipinski definition) is 1. The molecule has 0 atom stereocenters. The van der Waals surface area contributed by atoms with Gasteiger partial charge in [0.05, 0.1) is 0 Å². The zero-order chi connectivity index (χ0) is 13.7. The zero-order valence-corrected chi connectivity index (χ0v) is 11.4. The molecule has 0 aliphatic rings. The number of hydrogen-bond acceptors (Lipinski definition) is 5. The molecule has 100 valence electrons. The summed E-state index contributed by atoms with van der Waals surface area (Å²) >= 11 is 0. The number of nitrogen functional groups attached to an aromatic ring is 1. The van der Waals surface area contributed by atoms with E-state index in [0.717, 1.165) is 36.7 Å². The Balaban J connectivity index is 2.03. The molecule has 2 heterocycles. The van der Waals surface area contributed by atoms with E-state index in [1.165, 1.54) is 0 Å². The second kappa shape index (κ2) is 6.13. The van der Waals surface area contributed by atoms with Gasteiger partial charge in [0.15, 0.2) is 0 Å². The Kier molecular flexibility index (Phi) is 4.28. The Bertz CT molecular complexity index is 527. The molecule has 0 spiro atoms. The summed E-state index contributed by atoms with van der Waals surface area (Å²) in [7, 11) is 2.00. The average Bonchev–Trinajstić information content (AvgIpc) is 2.45. The Morgan fingerprint density at radius 1 is 1.26 bits per heavy atom. The number of rotatable bonds is 5. The molecule has 0 bridgehead atoms. The average molecular weight is 257 g/mol. The monoisotopic (exact) mass is 257 g/mol. The van der Waals surface area contributed by atoms with Crippen LogP contribution in [0.4, 0.5) is 11.6 Å². The highest BCUT2D eigenvalue weighted by Gasteiger charge is 2.06. The first-order chi connectivity index (χ1) is 9.19. The minimum absolute atomic E-state index is 0.520. The molecular formula is C14H19N5. The first kappa shape index (κ1) is 13.3. The fourth-order valence-electron chi connectivity index (χ4n) is 1.80. The Morgan fingerprint density at radius 2 is 2.11 bits per heavy atom. The van der Waals surface area contributed by atoms with Crippen molar-refractivity contribution in [1.82, 2.24) is 15.0 Å². The minimum Gasteiger partial charge on any atom is -0.384 e. The van der Waals surface area contributed by atoms with Crippen molar-refractivity contribution in [3.63, 3.8) is 0 Å². The van der Waals surface area contributed by atoms with Gasteiger partial charge < -0.3 is 10.6 Å². The number of nitrogens with two attached hydrogens (primary N) is 1.